The third-order valence-electron chi connectivity index (χ3n) is 3.76. The lowest BCUT2D eigenvalue weighted by molar-refractivity contribution is -0.137. The number of ether oxygens (including phenoxy) is 1. The molecule has 2 rings (SSSR count). The summed E-state index contributed by atoms with van der Waals surface area (Å²) in [6, 6.07) is 15.3. The number of aliphatic carboxylic acids is 1. The maximum Gasteiger partial charge on any atom is 0.319 e. The van der Waals surface area contributed by atoms with Crippen LogP contribution in [0.15, 0.2) is 48.5 Å². The number of nitrogens with zero attached hydrogens (tertiary/aromatic N) is 1. The summed E-state index contributed by atoms with van der Waals surface area (Å²) < 4.78 is 5.69. The number of para-hydroxylation sites is 1. The van der Waals surface area contributed by atoms with E-state index in [9.17, 15) is 9.59 Å². The van der Waals surface area contributed by atoms with Gasteiger partial charge < -0.3 is 20.5 Å². The molecule has 7 heteroatoms. The SMILES string of the molecule is CC(C)(CCC(=O)O)NC(=O)Nc1ccc(Oc2ccccc2C#N)cc1. The highest BCUT2D eigenvalue weighted by Gasteiger charge is 2.21. The van der Waals surface area contributed by atoms with Crippen LogP contribution in [0.2, 0.25) is 0 Å². The Labute approximate surface area is 157 Å². The van der Waals surface area contributed by atoms with Crippen LogP contribution in [-0.4, -0.2) is 22.6 Å². The topological polar surface area (TPSA) is 111 Å². The maximum atomic E-state index is 12.1. The summed E-state index contributed by atoms with van der Waals surface area (Å²) in [5, 5.41) is 23.3. The Morgan fingerprint density at radius 2 is 1.81 bits per heavy atom. The molecule has 0 aromatic heterocycles. The van der Waals surface area contributed by atoms with Gasteiger partial charge in [0.2, 0.25) is 0 Å². The van der Waals surface area contributed by atoms with Gasteiger partial charge in [0.25, 0.3) is 0 Å². The zero-order chi connectivity index (χ0) is 19.9. The summed E-state index contributed by atoms with van der Waals surface area (Å²) >= 11 is 0. The van der Waals surface area contributed by atoms with E-state index in [1.807, 2.05) is 0 Å². The number of carboxylic acid groups (broad SMARTS) is 1. The van der Waals surface area contributed by atoms with E-state index in [4.69, 9.17) is 15.1 Å². The molecular formula is C20H21N3O4. The summed E-state index contributed by atoms with van der Waals surface area (Å²) in [7, 11) is 0. The van der Waals surface area contributed by atoms with Crippen molar-refractivity contribution in [2.45, 2.75) is 32.2 Å². The van der Waals surface area contributed by atoms with Crippen molar-refractivity contribution in [1.29, 1.82) is 5.26 Å². The number of anilines is 1. The number of carbonyl (C=O) groups excluding carboxylic acids is 1. The van der Waals surface area contributed by atoms with Gasteiger partial charge in [-0.2, -0.15) is 5.26 Å². The number of urea groups is 1. The number of carboxylic acids is 1. The van der Waals surface area contributed by atoms with E-state index in [-0.39, 0.29) is 6.42 Å². The Kier molecular flexibility index (Phi) is 6.39. The minimum absolute atomic E-state index is 0.0243. The number of benzene rings is 2. The van der Waals surface area contributed by atoms with Crippen molar-refractivity contribution < 1.29 is 19.4 Å². The van der Waals surface area contributed by atoms with E-state index in [0.29, 0.717) is 29.2 Å². The third-order valence-corrected chi connectivity index (χ3v) is 3.76. The summed E-state index contributed by atoms with van der Waals surface area (Å²) in [6.45, 7) is 3.53. The van der Waals surface area contributed by atoms with Gasteiger partial charge in [-0.15, -0.1) is 0 Å². The number of hydrogen-bond donors (Lipinski definition) is 3. The van der Waals surface area contributed by atoms with E-state index in [0.717, 1.165) is 0 Å². The fraction of sp³-hybridized carbons (Fsp3) is 0.250. The average Bonchev–Trinajstić information content (AvgIpc) is 2.62. The molecule has 140 valence electrons. The summed E-state index contributed by atoms with van der Waals surface area (Å²) in [4.78, 5) is 22.8. The second-order valence-electron chi connectivity index (χ2n) is 6.59. The largest absolute Gasteiger partial charge is 0.481 e. The lowest BCUT2D eigenvalue weighted by Crippen LogP contribution is -2.45. The highest BCUT2D eigenvalue weighted by atomic mass is 16.5. The van der Waals surface area contributed by atoms with Crippen LogP contribution in [0.25, 0.3) is 0 Å². The van der Waals surface area contributed by atoms with E-state index >= 15 is 0 Å². The summed E-state index contributed by atoms with van der Waals surface area (Å²) in [5.41, 5.74) is 0.345. The number of nitriles is 1. The summed E-state index contributed by atoms with van der Waals surface area (Å²) in [6.07, 6.45) is 0.296. The first-order valence-electron chi connectivity index (χ1n) is 8.37. The van der Waals surface area contributed by atoms with Gasteiger partial charge >= 0.3 is 12.0 Å². The standard InChI is InChI=1S/C20H21N3O4/c1-20(2,12-11-18(24)25)23-19(26)22-15-7-9-16(10-8-15)27-17-6-4-3-5-14(17)13-21/h3-10H,11-12H2,1-2H3,(H,24,25)(H2,22,23,26). The van der Waals surface area contributed by atoms with Crippen LogP contribution in [0.4, 0.5) is 10.5 Å². The minimum atomic E-state index is -0.904. The van der Waals surface area contributed by atoms with Gasteiger partial charge in [-0.25, -0.2) is 4.79 Å². The first kappa shape index (κ1) is 19.8. The van der Waals surface area contributed by atoms with Gasteiger partial charge in [-0.05, 0) is 56.7 Å². The van der Waals surface area contributed by atoms with Crippen LogP contribution in [-0.2, 0) is 4.79 Å². The molecule has 0 heterocycles. The molecule has 0 bridgehead atoms. The molecule has 0 atom stereocenters. The van der Waals surface area contributed by atoms with E-state index < -0.39 is 17.5 Å². The third kappa shape index (κ3) is 6.36. The van der Waals surface area contributed by atoms with E-state index in [1.165, 1.54) is 0 Å². The second-order valence-corrected chi connectivity index (χ2v) is 6.59. The first-order chi connectivity index (χ1) is 12.8. The molecule has 0 saturated heterocycles. The van der Waals surface area contributed by atoms with Crippen molar-refractivity contribution in [3.05, 3.63) is 54.1 Å². The van der Waals surface area contributed by atoms with Crippen LogP contribution in [0, 0.1) is 11.3 Å². The molecule has 7 nitrogen and oxygen atoms in total. The van der Waals surface area contributed by atoms with Crippen molar-refractivity contribution >= 4 is 17.7 Å². The Hall–Kier alpha value is -3.53. The zero-order valence-corrected chi connectivity index (χ0v) is 15.2. The molecule has 0 fully saturated rings. The molecule has 2 aromatic carbocycles. The monoisotopic (exact) mass is 367 g/mol. The number of nitrogens with one attached hydrogen (secondary N) is 2. The number of carbonyl (C=O) groups is 2. The van der Waals surface area contributed by atoms with Crippen LogP contribution in [0.1, 0.15) is 32.3 Å². The Morgan fingerprint density at radius 1 is 1.15 bits per heavy atom. The molecular weight excluding hydrogens is 346 g/mol. The van der Waals surface area contributed by atoms with Crippen LogP contribution in [0.3, 0.4) is 0 Å². The van der Waals surface area contributed by atoms with Crippen LogP contribution >= 0.6 is 0 Å². The van der Waals surface area contributed by atoms with Gasteiger partial charge in [0.1, 0.15) is 17.6 Å². The molecule has 0 aliphatic carbocycles. The Bertz CT molecular complexity index is 854. The van der Waals surface area contributed by atoms with Crippen molar-refractivity contribution in [3.63, 3.8) is 0 Å². The van der Waals surface area contributed by atoms with Gasteiger partial charge in [0.05, 0.1) is 5.56 Å². The molecule has 0 aliphatic rings. The lowest BCUT2D eigenvalue weighted by Gasteiger charge is -2.25. The lowest BCUT2D eigenvalue weighted by atomic mass is 9.99. The Balaban J connectivity index is 1.94. The molecule has 0 aliphatic heterocycles. The maximum absolute atomic E-state index is 12.1. The quantitative estimate of drug-likeness (QED) is 0.682. The minimum Gasteiger partial charge on any atom is -0.481 e. The molecule has 3 N–H and O–H groups in total. The van der Waals surface area contributed by atoms with Gasteiger partial charge in [0.15, 0.2) is 0 Å². The highest BCUT2D eigenvalue weighted by molar-refractivity contribution is 5.89. The molecule has 0 radical (unpaired) electrons. The summed E-state index contributed by atoms with van der Waals surface area (Å²) in [5.74, 6) is 0.0860. The second kappa shape index (κ2) is 8.72. The average molecular weight is 367 g/mol. The number of rotatable bonds is 7. The normalized spacial score (nSPS) is 10.6. The van der Waals surface area contributed by atoms with Crippen LogP contribution < -0.4 is 15.4 Å². The Morgan fingerprint density at radius 3 is 2.44 bits per heavy atom. The van der Waals surface area contributed by atoms with Crippen LogP contribution in [0.5, 0.6) is 11.5 Å². The van der Waals surface area contributed by atoms with Crippen molar-refractivity contribution in [3.8, 4) is 17.6 Å². The van der Waals surface area contributed by atoms with Gasteiger partial charge in [-0.3, -0.25) is 4.79 Å². The van der Waals surface area contributed by atoms with E-state index in [1.54, 1.807) is 62.4 Å². The molecule has 0 spiro atoms. The molecule has 2 aromatic rings. The number of hydrogen-bond acceptors (Lipinski definition) is 4. The highest BCUT2D eigenvalue weighted by Crippen LogP contribution is 2.25. The van der Waals surface area contributed by atoms with Gasteiger partial charge in [0, 0.05) is 17.6 Å². The van der Waals surface area contributed by atoms with E-state index in [2.05, 4.69) is 16.7 Å². The fourth-order valence-corrected chi connectivity index (χ4v) is 2.33. The predicted molar refractivity (Wildman–Crippen MR) is 101 cm³/mol. The zero-order valence-electron chi connectivity index (χ0n) is 15.2. The van der Waals surface area contributed by atoms with Crippen molar-refractivity contribution in [1.82, 2.24) is 5.32 Å². The van der Waals surface area contributed by atoms with Crippen molar-refractivity contribution in [2.75, 3.05) is 5.32 Å². The fourth-order valence-electron chi connectivity index (χ4n) is 2.33. The predicted octanol–water partition coefficient (Wildman–Crippen LogP) is 4.12. The van der Waals surface area contributed by atoms with Crippen molar-refractivity contribution in [2.24, 2.45) is 0 Å². The van der Waals surface area contributed by atoms with Gasteiger partial charge in [-0.1, -0.05) is 12.1 Å². The molecule has 0 saturated carbocycles. The first-order valence-corrected chi connectivity index (χ1v) is 8.37. The molecule has 2 amide bonds. The molecule has 27 heavy (non-hydrogen) atoms. The molecule has 0 unspecified atom stereocenters. The smallest absolute Gasteiger partial charge is 0.319 e. The number of amides is 2.